The number of benzene rings is 3. The van der Waals surface area contributed by atoms with Gasteiger partial charge < -0.3 is 14.8 Å². The Hall–Kier alpha value is -4.92. The first-order chi connectivity index (χ1) is 18.0. The van der Waals surface area contributed by atoms with E-state index in [0.29, 0.717) is 23.0 Å². The molecule has 0 fully saturated rings. The van der Waals surface area contributed by atoms with Crippen LogP contribution in [0.25, 0.3) is 22.6 Å². The Bertz CT molecular complexity index is 1550. The van der Waals surface area contributed by atoms with Crippen molar-refractivity contribution in [3.63, 3.8) is 0 Å². The molecule has 5 aromatic rings. The van der Waals surface area contributed by atoms with Gasteiger partial charge in [0.2, 0.25) is 0 Å². The third-order valence-corrected chi connectivity index (χ3v) is 6.04. The Morgan fingerprint density at radius 3 is 2.22 bits per heavy atom. The predicted octanol–water partition coefficient (Wildman–Crippen LogP) is 5.01. The maximum Gasteiger partial charge on any atom is 0.279 e. The van der Waals surface area contributed by atoms with Gasteiger partial charge in [-0.3, -0.25) is 4.79 Å². The molecule has 2 aromatic heterocycles. The molecule has 9 heteroatoms. The number of hydrogen-bond donors (Lipinski definition) is 1. The summed E-state index contributed by atoms with van der Waals surface area (Å²) >= 11 is 0. The van der Waals surface area contributed by atoms with Crippen molar-refractivity contribution in [1.29, 1.82) is 0 Å². The lowest BCUT2D eigenvalue weighted by Gasteiger charge is -2.09. The monoisotopic (exact) mass is 494 g/mol. The summed E-state index contributed by atoms with van der Waals surface area (Å²) in [5.74, 6) is 1.52. The number of aryl methyl sites for hydroxylation is 1. The molecule has 186 valence electrons. The molecule has 9 nitrogen and oxygen atoms in total. The molecule has 0 bridgehead atoms. The van der Waals surface area contributed by atoms with Crippen molar-refractivity contribution < 1.29 is 14.3 Å². The van der Waals surface area contributed by atoms with Crippen molar-refractivity contribution in [3.05, 3.63) is 95.8 Å². The number of para-hydroxylation sites is 1. The van der Waals surface area contributed by atoms with Gasteiger partial charge in [-0.1, -0.05) is 35.0 Å². The third kappa shape index (κ3) is 4.66. The van der Waals surface area contributed by atoms with Crippen LogP contribution in [0.2, 0.25) is 0 Å². The van der Waals surface area contributed by atoms with Crippen LogP contribution in [0.4, 0.5) is 5.82 Å². The lowest BCUT2D eigenvalue weighted by molar-refractivity contribution is 0.102. The Morgan fingerprint density at radius 2 is 1.51 bits per heavy atom. The Kier molecular flexibility index (Phi) is 6.42. The number of hydrogen-bond acceptors (Lipinski definition) is 6. The molecule has 0 saturated heterocycles. The molecular formula is C28H26N6O3. The first kappa shape index (κ1) is 23.8. The first-order valence-electron chi connectivity index (χ1n) is 11.7. The van der Waals surface area contributed by atoms with E-state index in [1.807, 2.05) is 85.8 Å². The molecule has 0 radical (unpaired) electrons. The number of nitrogens with one attached hydrogen (secondary N) is 1. The quantitative estimate of drug-likeness (QED) is 0.342. The lowest BCUT2D eigenvalue weighted by atomic mass is 10.1. The molecule has 0 unspecified atom stereocenters. The minimum absolute atomic E-state index is 0.214. The van der Waals surface area contributed by atoms with Gasteiger partial charge >= 0.3 is 0 Å². The van der Waals surface area contributed by atoms with E-state index in [0.717, 1.165) is 28.3 Å². The largest absolute Gasteiger partial charge is 0.497 e. The highest BCUT2D eigenvalue weighted by molar-refractivity contribution is 6.03. The van der Waals surface area contributed by atoms with Crippen LogP contribution in [-0.2, 0) is 0 Å². The van der Waals surface area contributed by atoms with E-state index in [9.17, 15) is 4.79 Å². The van der Waals surface area contributed by atoms with Crippen LogP contribution in [-0.4, -0.2) is 44.9 Å². The van der Waals surface area contributed by atoms with Crippen molar-refractivity contribution in [2.45, 2.75) is 13.8 Å². The number of anilines is 1. The summed E-state index contributed by atoms with van der Waals surface area (Å²) in [6, 6.07) is 24.7. The van der Waals surface area contributed by atoms with Gasteiger partial charge in [-0.25, -0.2) is 9.36 Å². The van der Waals surface area contributed by atoms with E-state index < -0.39 is 5.91 Å². The fourth-order valence-corrected chi connectivity index (χ4v) is 4.02. The fourth-order valence-electron chi connectivity index (χ4n) is 4.02. The molecule has 0 spiro atoms. The highest BCUT2D eigenvalue weighted by atomic mass is 16.5. The van der Waals surface area contributed by atoms with Gasteiger partial charge in [-0.05, 0) is 62.4 Å². The summed E-state index contributed by atoms with van der Waals surface area (Å²) in [4.78, 5) is 13.4. The Morgan fingerprint density at radius 1 is 0.838 bits per heavy atom. The van der Waals surface area contributed by atoms with E-state index in [2.05, 4.69) is 15.6 Å². The second-order valence-electron chi connectivity index (χ2n) is 8.45. The van der Waals surface area contributed by atoms with E-state index in [4.69, 9.17) is 14.6 Å². The average Bonchev–Trinajstić information content (AvgIpc) is 3.52. The molecule has 0 atom stereocenters. The fraction of sp³-hybridized carbons (Fsp3) is 0.143. The number of methoxy groups -OCH3 is 2. The zero-order chi connectivity index (χ0) is 25.9. The summed E-state index contributed by atoms with van der Waals surface area (Å²) in [7, 11) is 3.23. The van der Waals surface area contributed by atoms with Gasteiger partial charge in [-0.2, -0.15) is 5.10 Å². The zero-order valence-electron chi connectivity index (χ0n) is 21.0. The highest BCUT2D eigenvalue weighted by Gasteiger charge is 2.21. The maximum absolute atomic E-state index is 13.4. The molecule has 1 amide bonds. The van der Waals surface area contributed by atoms with E-state index >= 15 is 0 Å². The van der Waals surface area contributed by atoms with Gasteiger partial charge in [0.1, 0.15) is 17.3 Å². The van der Waals surface area contributed by atoms with Crippen LogP contribution in [0, 0.1) is 13.8 Å². The molecule has 2 heterocycles. The summed E-state index contributed by atoms with van der Waals surface area (Å²) in [6.07, 6.45) is 0. The minimum atomic E-state index is -0.392. The molecular weight excluding hydrogens is 468 g/mol. The van der Waals surface area contributed by atoms with Gasteiger partial charge in [0, 0.05) is 11.6 Å². The van der Waals surface area contributed by atoms with Crippen LogP contribution in [0.3, 0.4) is 0 Å². The molecule has 5 rings (SSSR count). The number of carbonyl (C=O) groups is 1. The first-order valence-corrected chi connectivity index (χ1v) is 11.7. The number of carbonyl (C=O) groups excluding carboxylic acids is 1. The molecule has 0 aliphatic heterocycles. The van der Waals surface area contributed by atoms with E-state index in [1.165, 1.54) is 0 Å². The number of amides is 1. The van der Waals surface area contributed by atoms with Crippen molar-refractivity contribution in [3.8, 4) is 34.1 Å². The van der Waals surface area contributed by atoms with Crippen LogP contribution < -0.4 is 14.8 Å². The molecule has 0 aliphatic rings. The Balaban J connectivity index is 1.51. The molecule has 0 saturated carbocycles. The summed E-state index contributed by atoms with van der Waals surface area (Å²) in [5.41, 5.74) is 4.99. The van der Waals surface area contributed by atoms with E-state index in [-0.39, 0.29) is 5.69 Å². The van der Waals surface area contributed by atoms with Crippen molar-refractivity contribution >= 4 is 11.7 Å². The standard InChI is InChI=1S/C28H26N6O3/c1-18-9-11-21(12-10-18)34-26(17-24(31-34)23-7-5-6-8-25(23)37-4)29-28(35)27-19(2)33(32-30-27)20-13-15-22(36-3)16-14-20/h5-17H,1-4H3,(H,29,35). The summed E-state index contributed by atoms with van der Waals surface area (Å²) in [6.45, 7) is 3.82. The van der Waals surface area contributed by atoms with Crippen LogP contribution in [0.15, 0.2) is 78.9 Å². The van der Waals surface area contributed by atoms with E-state index in [1.54, 1.807) is 30.5 Å². The van der Waals surface area contributed by atoms with Crippen molar-refractivity contribution in [2.24, 2.45) is 0 Å². The van der Waals surface area contributed by atoms with Crippen LogP contribution >= 0.6 is 0 Å². The third-order valence-electron chi connectivity index (χ3n) is 6.04. The average molecular weight is 495 g/mol. The summed E-state index contributed by atoms with van der Waals surface area (Å²) < 4.78 is 14.1. The second kappa shape index (κ2) is 9.98. The SMILES string of the molecule is COc1ccc(-n2nnc(C(=O)Nc3cc(-c4ccccc4OC)nn3-c3ccc(C)cc3)c2C)cc1. The number of aromatic nitrogens is 5. The second-order valence-corrected chi connectivity index (χ2v) is 8.45. The molecule has 3 aromatic carbocycles. The topological polar surface area (TPSA) is 96.1 Å². The summed E-state index contributed by atoms with van der Waals surface area (Å²) in [5, 5.41) is 16.1. The number of nitrogens with zero attached hydrogens (tertiary/aromatic N) is 5. The van der Waals surface area contributed by atoms with Gasteiger partial charge in [0.05, 0.1) is 37.0 Å². The van der Waals surface area contributed by atoms with Gasteiger partial charge in [0.25, 0.3) is 5.91 Å². The van der Waals surface area contributed by atoms with Gasteiger partial charge in [0.15, 0.2) is 5.69 Å². The minimum Gasteiger partial charge on any atom is -0.497 e. The number of ether oxygens (including phenoxy) is 2. The van der Waals surface area contributed by atoms with Crippen LogP contribution in [0.5, 0.6) is 11.5 Å². The normalized spacial score (nSPS) is 10.8. The van der Waals surface area contributed by atoms with Crippen molar-refractivity contribution in [2.75, 3.05) is 19.5 Å². The number of rotatable bonds is 7. The lowest BCUT2D eigenvalue weighted by Crippen LogP contribution is -2.17. The molecule has 0 aliphatic carbocycles. The maximum atomic E-state index is 13.4. The highest BCUT2D eigenvalue weighted by Crippen LogP contribution is 2.32. The molecule has 1 N–H and O–H groups in total. The molecule has 37 heavy (non-hydrogen) atoms. The zero-order valence-corrected chi connectivity index (χ0v) is 21.0. The van der Waals surface area contributed by atoms with Gasteiger partial charge in [-0.15, -0.1) is 5.10 Å². The smallest absolute Gasteiger partial charge is 0.279 e. The van der Waals surface area contributed by atoms with Crippen molar-refractivity contribution in [1.82, 2.24) is 24.8 Å². The Labute approximate surface area is 214 Å². The predicted molar refractivity (Wildman–Crippen MR) is 141 cm³/mol. The van der Waals surface area contributed by atoms with Crippen LogP contribution in [0.1, 0.15) is 21.7 Å².